The number of hydrogen-bond acceptors (Lipinski definition) is 3. The predicted molar refractivity (Wildman–Crippen MR) is 124 cm³/mol. The second kappa shape index (κ2) is 10.7. The number of halogens is 4. The van der Waals surface area contributed by atoms with Gasteiger partial charge in [-0.2, -0.15) is 0 Å². The summed E-state index contributed by atoms with van der Waals surface area (Å²) in [7, 11) is 0. The predicted octanol–water partition coefficient (Wildman–Crippen LogP) is 6.18. The molecule has 0 spiro atoms. The van der Waals surface area contributed by atoms with Crippen LogP contribution < -0.4 is 15.4 Å². The van der Waals surface area contributed by atoms with Crippen LogP contribution in [-0.4, -0.2) is 18.4 Å². The van der Waals surface area contributed by atoms with Crippen molar-refractivity contribution >= 4 is 63.9 Å². The average Bonchev–Trinajstić information content (AvgIpc) is 2.72. The summed E-state index contributed by atoms with van der Waals surface area (Å²) >= 11 is 23.8. The molecule has 0 heterocycles. The Bertz CT molecular complexity index is 1090. The number of anilines is 1. The molecule has 31 heavy (non-hydrogen) atoms. The molecule has 3 aromatic carbocycles. The number of nitrogens with one attached hydrogen (secondary N) is 2. The lowest BCUT2D eigenvalue weighted by molar-refractivity contribution is -0.128. The Kier molecular flexibility index (Phi) is 8.04. The molecule has 0 unspecified atom stereocenters. The molecular weight excluding hydrogens is 482 g/mol. The molecule has 160 valence electrons. The normalized spacial score (nSPS) is 11.5. The van der Waals surface area contributed by atoms with Gasteiger partial charge in [0.05, 0.1) is 5.02 Å². The zero-order chi connectivity index (χ0) is 22.4. The van der Waals surface area contributed by atoms with Crippen molar-refractivity contribution in [1.82, 2.24) is 5.32 Å². The van der Waals surface area contributed by atoms with E-state index in [-0.39, 0.29) is 11.6 Å². The van der Waals surface area contributed by atoms with Gasteiger partial charge in [0.25, 0.3) is 11.8 Å². The second-order valence-corrected chi connectivity index (χ2v) is 8.13. The van der Waals surface area contributed by atoms with E-state index in [2.05, 4.69) is 10.6 Å². The van der Waals surface area contributed by atoms with Crippen molar-refractivity contribution < 1.29 is 14.3 Å². The Morgan fingerprint density at radius 2 is 1.52 bits per heavy atom. The summed E-state index contributed by atoms with van der Waals surface area (Å²) in [4.78, 5) is 25.5. The molecule has 0 aliphatic heterocycles. The van der Waals surface area contributed by atoms with E-state index in [9.17, 15) is 9.59 Å². The van der Waals surface area contributed by atoms with Crippen LogP contribution in [-0.2, 0) is 9.59 Å². The lowest BCUT2D eigenvalue weighted by Gasteiger charge is -2.19. The molecule has 0 bridgehead atoms. The van der Waals surface area contributed by atoms with E-state index in [1.54, 1.807) is 60.7 Å². The first kappa shape index (κ1) is 23.2. The lowest BCUT2D eigenvalue weighted by atomic mass is 10.1. The third kappa shape index (κ3) is 6.77. The van der Waals surface area contributed by atoms with Crippen molar-refractivity contribution in [2.75, 3.05) is 11.9 Å². The standard InChI is InChI=1S/C22H16Cl4N2O3/c23-14-6-4-13(5-7-14)21(22(30)27-17-3-1-2-15(24)10-17)28-20(29)12-31-19-9-8-16(25)11-18(19)26/h1-11,21H,12H2,(H,27,30)(H,28,29)/t21-/m0/s1. The third-order valence-corrected chi connectivity index (χ3v) is 5.13. The largest absolute Gasteiger partial charge is 0.482 e. The third-order valence-electron chi connectivity index (χ3n) is 4.12. The molecule has 3 rings (SSSR count). The van der Waals surface area contributed by atoms with E-state index in [0.29, 0.717) is 32.1 Å². The summed E-state index contributed by atoms with van der Waals surface area (Å²) < 4.78 is 5.45. The summed E-state index contributed by atoms with van der Waals surface area (Å²) in [5.74, 6) is -0.678. The van der Waals surface area contributed by atoms with Crippen LogP contribution in [0.5, 0.6) is 5.75 Å². The van der Waals surface area contributed by atoms with Gasteiger partial charge in [0, 0.05) is 20.8 Å². The Morgan fingerprint density at radius 1 is 0.839 bits per heavy atom. The van der Waals surface area contributed by atoms with Gasteiger partial charge in [0.1, 0.15) is 11.8 Å². The number of amides is 2. The summed E-state index contributed by atoms with van der Waals surface area (Å²) in [5, 5.41) is 7.10. The Labute approximate surface area is 199 Å². The van der Waals surface area contributed by atoms with Gasteiger partial charge in [-0.15, -0.1) is 0 Å². The number of benzene rings is 3. The lowest BCUT2D eigenvalue weighted by Crippen LogP contribution is -2.39. The van der Waals surface area contributed by atoms with Gasteiger partial charge >= 0.3 is 0 Å². The maximum atomic E-state index is 12.9. The number of ether oxygens (including phenoxy) is 1. The molecule has 0 aliphatic carbocycles. The van der Waals surface area contributed by atoms with Crippen LogP contribution in [0, 0.1) is 0 Å². The van der Waals surface area contributed by atoms with Crippen LogP contribution in [0.15, 0.2) is 66.7 Å². The van der Waals surface area contributed by atoms with Gasteiger partial charge in [-0.05, 0) is 54.1 Å². The Balaban J connectivity index is 1.73. The maximum Gasteiger partial charge on any atom is 0.258 e. The Hall–Kier alpha value is -2.44. The first-order valence-electron chi connectivity index (χ1n) is 9.01. The number of carbonyl (C=O) groups is 2. The van der Waals surface area contributed by atoms with Gasteiger partial charge in [-0.25, -0.2) is 0 Å². The summed E-state index contributed by atoms with van der Waals surface area (Å²) in [6.07, 6.45) is 0. The molecule has 0 radical (unpaired) electrons. The molecule has 0 aromatic heterocycles. The fourth-order valence-corrected chi connectivity index (χ4v) is 3.45. The van der Waals surface area contributed by atoms with Gasteiger partial charge in [0.2, 0.25) is 0 Å². The SMILES string of the molecule is O=C(COc1ccc(Cl)cc1Cl)N[C@H](C(=O)Nc1cccc(Cl)c1)c1ccc(Cl)cc1. The molecule has 2 amide bonds. The second-order valence-electron chi connectivity index (χ2n) is 6.42. The van der Waals surface area contributed by atoms with E-state index in [1.165, 1.54) is 6.07 Å². The summed E-state index contributed by atoms with van der Waals surface area (Å²) in [6, 6.07) is 16.9. The van der Waals surface area contributed by atoms with Gasteiger partial charge in [-0.1, -0.05) is 64.6 Å². The highest BCUT2D eigenvalue weighted by atomic mass is 35.5. The smallest absolute Gasteiger partial charge is 0.258 e. The van der Waals surface area contributed by atoms with Crippen molar-refractivity contribution in [2.45, 2.75) is 6.04 Å². The van der Waals surface area contributed by atoms with Crippen LogP contribution in [0.2, 0.25) is 20.1 Å². The minimum Gasteiger partial charge on any atom is -0.482 e. The van der Waals surface area contributed by atoms with Crippen LogP contribution in [0.1, 0.15) is 11.6 Å². The zero-order valence-electron chi connectivity index (χ0n) is 15.9. The van der Waals surface area contributed by atoms with Crippen LogP contribution in [0.3, 0.4) is 0 Å². The number of carbonyl (C=O) groups excluding carboxylic acids is 2. The van der Waals surface area contributed by atoms with Gasteiger partial charge < -0.3 is 15.4 Å². The minimum absolute atomic E-state index is 0.272. The van der Waals surface area contributed by atoms with E-state index in [4.69, 9.17) is 51.1 Å². The molecular formula is C22H16Cl4N2O3. The Morgan fingerprint density at radius 3 is 2.19 bits per heavy atom. The molecule has 5 nitrogen and oxygen atoms in total. The minimum atomic E-state index is -0.993. The number of rotatable bonds is 7. The maximum absolute atomic E-state index is 12.9. The first-order valence-corrected chi connectivity index (χ1v) is 10.5. The molecule has 0 aliphatic rings. The monoisotopic (exact) mass is 496 g/mol. The van der Waals surface area contributed by atoms with Crippen molar-refractivity contribution in [1.29, 1.82) is 0 Å². The van der Waals surface area contributed by atoms with Crippen molar-refractivity contribution in [3.05, 3.63) is 92.4 Å². The van der Waals surface area contributed by atoms with Crippen LogP contribution >= 0.6 is 46.4 Å². The number of hydrogen-bond donors (Lipinski definition) is 2. The fraction of sp³-hybridized carbons (Fsp3) is 0.0909. The zero-order valence-corrected chi connectivity index (χ0v) is 18.9. The molecule has 2 N–H and O–H groups in total. The van der Waals surface area contributed by atoms with Gasteiger partial charge in [-0.3, -0.25) is 9.59 Å². The quantitative estimate of drug-likeness (QED) is 0.409. The molecule has 0 fully saturated rings. The average molecular weight is 498 g/mol. The summed E-state index contributed by atoms with van der Waals surface area (Å²) in [6.45, 7) is -0.351. The molecule has 3 aromatic rings. The fourth-order valence-electron chi connectivity index (χ4n) is 2.67. The van der Waals surface area contributed by atoms with Crippen LogP contribution in [0.4, 0.5) is 5.69 Å². The highest BCUT2D eigenvalue weighted by Crippen LogP contribution is 2.27. The van der Waals surface area contributed by atoms with E-state index in [0.717, 1.165) is 0 Å². The topological polar surface area (TPSA) is 67.4 Å². The van der Waals surface area contributed by atoms with Crippen molar-refractivity contribution in [2.24, 2.45) is 0 Å². The van der Waals surface area contributed by atoms with Crippen molar-refractivity contribution in [3.63, 3.8) is 0 Å². The van der Waals surface area contributed by atoms with E-state index in [1.807, 2.05) is 0 Å². The molecule has 1 atom stereocenters. The first-order chi connectivity index (χ1) is 14.8. The van der Waals surface area contributed by atoms with E-state index < -0.39 is 17.9 Å². The molecule has 0 saturated carbocycles. The van der Waals surface area contributed by atoms with Gasteiger partial charge in [0.15, 0.2) is 6.61 Å². The summed E-state index contributed by atoms with van der Waals surface area (Å²) in [5.41, 5.74) is 1.04. The van der Waals surface area contributed by atoms with Crippen LogP contribution in [0.25, 0.3) is 0 Å². The molecule has 0 saturated heterocycles. The molecule has 9 heteroatoms. The van der Waals surface area contributed by atoms with Crippen molar-refractivity contribution in [3.8, 4) is 5.75 Å². The highest BCUT2D eigenvalue weighted by Gasteiger charge is 2.23. The highest BCUT2D eigenvalue weighted by molar-refractivity contribution is 6.35. The van der Waals surface area contributed by atoms with E-state index >= 15 is 0 Å².